The molecule has 6 heteroatoms. The first kappa shape index (κ1) is 19.0. The highest BCUT2D eigenvalue weighted by Crippen LogP contribution is 2.50. The molecule has 0 bridgehead atoms. The standard InChI is InChI=1S/C24H34F2O4/c1-4-12-24(25,26)16(3)21(27)11-10-19-20-14-17(13-18(20)15-22(19)28)8-6-7-9-23(29)30-5-2/h8,10-11,16,18-22,27-28H,5-7,9,13-15H2,1-3H3/b11-10+,17-8+/t16?,18-,19+,20-,21+,22+/m0/s1/i7D2,9D2. The van der Waals surface area contributed by atoms with Gasteiger partial charge in [0.2, 0.25) is 0 Å². The second-order valence-corrected chi connectivity index (χ2v) is 7.96. The van der Waals surface area contributed by atoms with E-state index in [0.29, 0.717) is 19.3 Å². The third-order valence-electron chi connectivity index (χ3n) is 5.98. The summed E-state index contributed by atoms with van der Waals surface area (Å²) in [5, 5.41) is 20.7. The Morgan fingerprint density at radius 3 is 2.87 bits per heavy atom. The first-order chi connectivity index (χ1) is 15.7. The van der Waals surface area contributed by atoms with E-state index in [-0.39, 0.29) is 30.8 Å². The molecule has 168 valence electrons. The number of alkyl halides is 2. The maximum Gasteiger partial charge on any atom is 0.313 e. The highest BCUT2D eigenvalue weighted by atomic mass is 19.3. The number of carbonyl (C=O) groups excluding carboxylic acids is 1. The zero-order valence-corrected chi connectivity index (χ0v) is 17.7. The SMILES string of the molecule is [2H]C([2H])(C/C=C1\C[C@H]2C[C@@H](O)[C@H](/C=C/[C@@H](O)C(C)C(F)(F)C#CC)[C@H]2C1)C([2H])([2H])C(=O)OCC. The molecular formula is C24H34F2O4. The molecule has 0 aliphatic heterocycles. The smallest absolute Gasteiger partial charge is 0.313 e. The number of rotatable bonds is 9. The van der Waals surface area contributed by atoms with Gasteiger partial charge in [0.05, 0.1) is 24.7 Å². The van der Waals surface area contributed by atoms with Crippen molar-refractivity contribution >= 4 is 5.97 Å². The van der Waals surface area contributed by atoms with E-state index in [9.17, 15) is 23.8 Å². The minimum Gasteiger partial charge on any atom is -0.466 e. The number of hydrogen-bond acceptors (Lipinski definition) is 4. The lowest BCUT2D eigenvalue weighted by Gasteiger charge is -2.23. The van der Waals surface area contributed by atoms with Crippen molar-refractivity contribution in [1.29, 1.82) is 0 Å². The first-order valence-corrected chi connectivity index (χ1v) is 10.4. The molecule has 0 aromatic rings. The van der Waals surface area contributed by atoms with E-state index in [1.54, 1.807) is 12.2 Å². The summed E-state index contributed by atoms with van der Waals surface area (Å²) in [6, 6.07) is 0. The van der Waals surface area contributed by atoms with Gasteiger partial charge in [-0.15, -0.1) is 5.92 Å². The summed E-state index contributed by atoms with van der Waals surface area (Å²) in [4.78, 5) is 11.9. The monoisotopic (exact) mass is 428 g/mol. The molecule has 0 aromatic heterocycles. The maximum absolute atomic E-state index is 14.0. The lowest BCUT2D eigenvalue weighted by Crippen LogP contribution is -2.33. The van der Waals surface area contributed by atoms with Gasteiger partial charge in [0.1, 0.15) is 0 Å². The molecule has 30 heavy (non-hydrogen) atoms. The van der Waals surface area contributed by atoms with E-state index in [2.05, 4.69) is 10.7 Å². The van der Waals surface area contributed by atoms with Crippen LogP contribution in [0.1, 0.15) is 64.7 Å². The van der Waals surface area contributed by atoms with E-state index in [4.69, 9.17) is 5.48 Å². The van der Waals surface area contributed by atoms with Crippen molar-refractivity contribution in [2.75, 3.05) is 6.61 Å². The quantitative estimate of drug-likeness (QED) is 0.327. The Bertz CT molecular complexity index is 863. The number of aliphatic hydroxyl groups excluding tert-OH is 2. The van der Waals surface area contributed by atoms with E-state index < -0.39 is 42.8 Å². The Kier molecular flexibility index (Phi) is 7.01. The number of fused-ring (bicyclic) bond motifs is 1. The van der Waals surface area contributed by atoms with Crippen LogP contribution in [0.25, 0.3) is 0 Å². The van der Waals surface area contributed by atoms with Gasteiger partial charge in [0.15, 0.2) is 0 Å². The average Bonchev–Trinajstić information content (AvgIpc) is 3.26. The summed E-state index contributed by atoms with van der Waals surface area (Å²) >= 11 is 0. The number of hydrogen-bond donors (Lipinski definition) is 2. The van der Waals surface area contributed by atoms with Crippen LogP contribution in [0, 0.1) is 35.5 Å². The molecule has 4 nitrogen and oxygen atoms in total. The Labute approximate surface area is 184 Å². The summed E-state index contributed by atoms with van der Waals surface area (Å²) in [7, 11) is 0. The van der Waals surface area contributed by atoms with Crippen LogP contribution < -0.4 is 0 Å². The lowest BCUT2D eigenvalue weighted by atomic mass is 9.89. The molecule has 0 radical (unpaired) electrons. The number of carbonyl (C=O) groups is 1. The van der Waals surface area contributed by atoms with Gasteiger partial charge in [0.25, 0.3) is 0 Å². The van der Waals surface area contributed by atoms with E-state index in [0.717, 1.165) is 5.57 Å². The Morgan fingerprint density at radius 2 is 2.20 bits per heavy atom. The van der Waals surface area contributed by atoms with Gasteiger partial charge < -0.3 is 14.9 Å². The molecule has 0 amide bonds. The van der Waals surface area contributed by atoms with Crippen LogP contribution in [-0.2, 0) is 9.53 Å². The highest BCUT2D eigenvalue weighted by molar-refractivity contribution is 5.69. The Hall–Kier alpha value is -1.71. The third kappa shape index (κ3) is 6.39. The molecule has 2 fully saturated rings. The van der Waals surface area contributed by atoms with Crippen molar-refractivity contribution in [3.63, 3.8) is 0 Å². The second kappa shape index (κ2) is 11.1. The molecule has 2 rings (SSSR count). The fourth-order valence-electron chi connectivity index (χ4n) is 4.33. The van der Waals surface area contributed by atoms with Crippen LogP contribution >= 0.6 is 0 Å². The Balaban J connectivity index is 2.07. The summed E-state index contributed by atoms with van der Waals surface area (Å²) in [6.45, 7) is 3.99. The largest absolute Gasteiger partial charge is 0.466 e. The lowest BCUT2D eigenvalue weighted by molar-refractivity contribution is -0.143. The van der Waals surface area contributed by atoms with Crippen molar-refractivity contribution in [3.8, 4) is 11.8 Å². The minimum atomic E-state index is -3.34. The fourth-order valence-corrected chi connectivity index (χ4v) is 4.33. The zero-order valence-electron chi connectivity index (χ0n) is 21.7. The first-order valence-electron chi connectivity index (χ1n) is 12.4. The normalized spacial score (nSPS) is 32.4. The fraction of sp³-hybridized carbons (Fsp3) is 0.708. The second-order valence-electron chi connectivity index (χ2n) is 7.96. The molecule has 2 aliphatic rings. The van der Waals surface area contributed by atoms with Crippen LogP contribution in [0.2, 0.25) is 0 Å². The summed E-state index contributed by atoms with van der Waals surface area (Å²) in [5.74, 6) is -2.23. The number of esters is 1. The highest BCUT2D eigenvalue weighted by Gasteiger charge is 2.45. The Morgan fingerprint density at radius 1 is 1.47 bits per heavy atom. The van der Waals surface area contributed by atoms with Crippen molar-refractivity contribution < 1.29 is 34.0 Å². The summed E-state index contributed by atoms with van der Waals surface area (Å²) in [6.07, 6.45) is -1.53. The van der Waals surface area contributed by atoms with Gasteiger partial charge in [-0.25, -0.2) is 0 Å². The third-order valence-corrected chi connectivity index (χ3v) is 5.98. The molecule has 0 spiro atoms. The minimum absolute atomic E-state index is 0.00336. The predicted octanol–water partition coefficient (Wildman–Crippen LogP) is 4.27. The van der Waals surface area contributed by atoms with Crippen LogP contribution in [0.4, 0.5) is 8.78 Å². The molecule has 0 saturated heterocycles. The van der Waals surface area contributed by atoms with Crippen LogP contribution in [0.3, 0.4) is 0 Å². The number of aliphatic hydroxyl groups is 2. The van der Waals surface area contributed by atoms with Crippen molar-refractivity contribution in [2.45, 2.75) is 77.3 Å². The van der Waals surface area contributed by atoms with Gasteiger partial charge >= 0.3 is 11.9 Å². The molecule has 2 N–H and O–H groups in total. The number of halogens is 2. The molecular weight excluding hydrogens is 390 g/mol. The van der Waals surface area contributed by atoms with Gasteiger partial charge in [-0.3, -0.25) is 4.79 Å². The summed E-state index contributed by atoms with van der Waals surface area (Å²) < 4.78 is 64.4. The van der Waals surface area contributed by atoms with E-state index in [1.807, 2.05) is 5.92 Å². The molecule has 0 heterocycles. The van der Waals surface area contributed by atoms with Crippen molar-refractivity contribution in [2.24, 2.45) is 23.7 Å². The van der Waals surface area contributed by atoms with Crippen LogP contribution in [0.5, 0.6) is 0 Å². The zero-order chi connectivity index (χ0) is 25.9. The predicted molar refractivity (Wildman–Crippen MR) is 112 cm³/mol. The molecule has 6 atom stereocenters. The summed E-state index contributed by atoms with van der Waals surface area (Å²) in [5.41, 5.74) is 0.905. The molecule has 2 saturated carbocycles. The van der Waals surface area contributed by atoms with Gasteiger partial charge in [-0.05, 0) is 63.7 Å². The average molecular weight is 429 g/mol. The van der Waals surface area contributed by atoms with Crippen LogP contribution in [-0.4, -0.2) is 40.9 Å². The van der Waals surface area contributed by atoms with Gasteiger partial charge in [-0.1, -0.05) is 30.7 Å². The van der Waals surface area contributed by atoms with E-state index >= 15 is 0 Å². The van der Waals surface area contributed by atoms with E-state index in [1.165, 1.54) is 26.8 Å². The van der Waals surface area contributed by atoms with Crippen molar-refractivity contribution in [1.82, 2.24) is 0 Å². The molecule has 2 aliphatic carbocycles. The topological polar surface area (TPSA) is 66.8 Å². The maximum atomic E-state index is 14.0. The number of allylic oxidation sites excluding steroid dienone is 2. The van der Waals surface area contributed by atoms with Crippen LogP contribution in [0.15, 0.2) is 23.8 Å². The molecule has 0 aromatic carbocycles. The van der Waals surface area contributed by atoms with Gasteiger partial charge in [-0.2, -0.15) is 8.78 Å². The molecule has 1 unspecified atom stereocenters. The number of ether oxygens (including phenoxy) is 1. The van der Waals surface area contributed by atoms with Crippen molar-refractivity contribution in [3.05, 3.63) is 23.8 Å². The van der Waals surface area contributed by atoms with Gasteiger partial charge in [0, 0.05) is 17.8 Å².